The Morgan fingerprint density at radius 1 is 1.37 bits per heavy atom. The molecule has 0 saturated carbocycles. The van der Waals surface area contributed by atoms with Crippen LogP contribution in [0.2, 0.25) is 0 Å². The van der Waals surface area contributed by atoms with Crippen molar-refractivity contribution in [3.05, 3.63) is 29.6 Å². The summed E-state index contributed by atoms with van der Waals surface area (Å²) in [7, 11) is 0. The highest BCUT2D eigenvalue weighted by Gasteiger charge is 2.27. The third-order valence-electron chi connectivity index (χ3n) is 2.20. The van der Waals surface area contributed by atoms with Gasteiger partial charge in [0.25, 0.3) is 0 Å². The molecule has 0 aliphatic heterocycles. The number of hydrogen-bond acceptors (Lipinski definition) is 2. The van der Waals surface area contributed by atoms with E-state index in [9.17, 15) is 22.4 Å². The minimum Gasteiger partial charge on any atom is -0.372 e. The fourth-order valence-electron chi connectivity index (χ4n) is 1.33. The summed E-state index contributed by atoms with van der Waals surface area (Å²) in [5.74, 6) is -0.916. The molecule has 0 atom stereocenters. The number of anilines is 1. The van der Waals surface area contributed by atoms with E-state index in [1.807, 2.05) is 0 Å². The second-order valence-corrected chi connectivity index (χ2v) is 3.93. The van der Waals surface area contributed by atoms with Gasteiger partial charge in [-0.1, -0.05) is 0 Å². The molecule has 0 unspecified atom stereocenters. The van der Waals surface area contributed by atoms with Gasteiger partial charge in [-0.15, -0.1) is 0 Å². The van der Waals surface area contributed by atoms with Crippen LogP contribution in [0.3, 0.4) is 0 Å². The molecule has 1 aromatic carbocycles. The summed E-state index contributed by atoms with van der Waals surface area (Å²) in [6.07, 6.45) is -4.60. The van der Waals surface area contributed by atoms with E-state index >= 15 is 0 Å². The molecule has 3 nitrogen and oxygen atoms in total. The van der Waals surface area contributed by atoms with Crippen molar-refractivity contribution in [3.63, 3.8) is 0 Å². The van der Waals surface area contributed by atoms with Gasteiger partial charge in [0.1, 0.15) is 12.4 Å². The molecule has 1 aromatic rings. The number of hydrogen-bond donors (Lipinski definition) is 1. The Kier molecular flexibility index (Phi) is 5.29. The van der Waals surface area contributed by atoms with Crippen molar-refractivity contribution in [2.24, 2.45) is 0 Å². The fraction of sp³-hybridized carbons (Fsp3) is 0.417. The highest BCUT2D eigenvalue weighted by molar-refractivity contribution is 5.91. The summed E-state index contributed by atoms with van der Waals surface area (Å²) < 4.78 is 52.4. The highest BCUT2D eigenvalue weighted by Crippen LogP contribution is 2.16. The molecular formula is C12H13F4NO2. The van der Waals surface area contributed by atoms with Gasteiger partial charge in [-0.05, 0) is 30.7 Å². The molecule has 0 saturated heterocycles. The maximum absolute atomic E-state index is 12.8. The molecular weight excluding hydrogens is 266 g/mol. The lowest BCUT2D eigenvalue weighted by atomic mass is 10.2. The van der Waals surface area contributed by atoms with Gasteiger partial charge >= 0.3 is 6.18 Å². The first-order chi connectivity index (χ1) is 8.78. The maximum Gasteiger partial charge on any atom is 0.411 e. The number of halogens is 4. The van der Waals surface area contributed by atoms with Gasteiger partial charge in [-0.2, -0.15) is 13.2 Å². The number of alkyl halides is 3. The average Bonchev–Trinajstić information content (AvgIpc) is 2.27. The van der Waals surface area contributed by atoms with Crippen LogP contribution >= 0.6 is 0 Å². The quantitative estimate of drug-likeness (QED) is 0.664. The lowest BCUT2D eigenvalue weighted by Crippen LogP contribution is -2.20. The summed E-state index contributed by atoms with van der Waals surface area (Å²) in [4.78, 5) is 11.4. The number of ether oxygens (including phenoxy) is 1. The van der Waals surface area contributed by atoms with Gasteiger partial charge in [0.2, 0.25) is 5.91 Å². The van der Waals surface area contributed by atoms with Crippen LogP contribution in [0.15, 0.2) is 18.2 Å². The van der Waals surface area contributed by atoms with Crippen LogP contribution in [0.25, 0.3) is 0 Å². The standard InChI is InChI=1S/C12H13F4NO2/c1-8-6-9(13)2-3-10(8)17-11(18)4-5-19-7-12(14,15)16/h2-3,6H,4-5,7H2,1H3,(H,17,18). The minimum absolute atomic E-state index is 0.201. The Balaban J connectivity index is 2.35. The molecule has 19 heavy (non-hydrogen) atoms. The molecule has 7 heteroatoms. The number of benzene rings is 1. The van der Waals surface area contributed by atoms with Crippen LogP contribution in [-0.4, -0.2) is 25.3 Å². The molecule has 0 spiro atoms. The van der Waals surface area contributed by atoms with Crippen molar-refractivity contribution < 1.29 is 27.1 Å². The van der Waals surface area contributed by atoms with Crippen molar-refractivity contribution in [3.8, 4) is 0 Å². The van der Waals surface area contributed by atoms with Crippen molar-refractivity contribution >= 4 is 11.6 Å². The normalized spacial score (nSPS) is 11.4. The zero-order valence-electron chi connectivity index (χ0n) is 10.2. The van der Waals surface area contributed by atoms with Crippen molar-refractivity contribution in [2.45, 2.75) is 19.5 Å². The molecule has 1 rings (SSSR count). The van der Waals surface area contributed by atoms with E-state index < -0.39 is 24.5 Å². The van der Waals surface area contributed by atoms with E-state index in [1.165, 1.54) is 18.2 Å². The molecule has 0 fully saturated rings. The molecule has 106 valence electrons. The Hall–Kier alpha value is -1.63. The van der Waals surface area contributed by atoms with Gasteiger partial charge in [0.05, 0.1) is 13.0 Å². The van der Waals surface area contributed by atoms with Gasteiger partial charge < -0.3 is 10.1 Å². The fourth-order valence-corrected chi connectivity index (χ4v) is 1.33. The number of rotatable bonds is 5. The number of carbonyl (C=O) groups is 1. The smallest absolute Gasteiger partial charge is 0.372 e. The zero-order valence-corrected chi connectivity index (χ0v) is 10.2. The Morgan fingerprint density at radius 2 is 2.05 bits per heavy atom. The molecule has 0 bridgehead atoms. The predicted octanol–water partition coefficient (Wildman–Crippen LogP) is 3.04. The molecule has 0 aliphatic carbocycles. The Bertz CT molecular complexity index is 446. The van der Waals surface area contributed by atoms with Crippen LogP contribution in [0.5, 0.6) is 0 Å². The maximum atomic E-state index is 12.8. The lowest BCUT2D eigenvalue weighted by Gasteiger charge is -2.09. The highest BCUT2D eigenvalue weighted by atomic mass is 19.4. The summed E-state index contributed by atoms with van der Waals surface area (Å²) in [6, 6.07) is 3.82. The van der Waals surface area contributed by atoms with Crippen LogP contribution in [-0.2, 0) is 9.53 Å². The van der Waals surface area contributed by atoms with Crippen LogP contribution in [0.4, 0.5) is 23.2 Å². The first kappa shape index (κ1) is 15.4. The first-order valence-electron chi connectivity index (χ1n) is 5.48. The van der Waals surface area contributed by atoms with Crippen LogP contribution in [0.1, 0.15) is 12.0 Å². The average molecular weight is 279 g/mol. The van der Waals surface area contributed by atoms with E-state index in [0.29, 0.717) is 11.3 Å². The van der Waals surface area contributed by atoms with Gasteiger partial charge in [-0.25, -0.2) is 4.39 Å². The minimum atomic E-state index is -4.40. The molecule has 0 aromatic heterocycles. The van der Waals surface area contributed by atoms with E-state index in [4.69, 9.17) is 0 Å². The topological polar surface area (TPSA) is 38.3 Å². The summed E-state index contributed by atoms with van der Waals surface area (Å²) in [6.45, 7) is -0.0969. The Labute approximate surface area is 107 Å². The lowest BCUT2D eigenvalue weighted by molar-refractivity contribution is -0.174. The monoisotopic (exact) mass is 279 g/mol. The second kappa shape index (κ2) is 6.51. The van der Waals surface area contributed by atoms with Crippen LogP contribution in [0, 0.1) is 12.7 Å². The molecule has 0 radical (unpaired) electrons. The summed E-state index contributed by atoms with van der Waals surface area (Å²) in [5.41, 5.74) is 0.951. The number of carbonyl (C=O) groups excluding carboxylic acids is 1. The molecule has 1 N–H and O–H groups in total. The predicted molar refractivity (Wildman–Crippen MR) is 61.3 cm³/mol. The zero-order chi connectivity index (χ0) is 14.5. The van der Waals surface area contributed by atoms with E-state index in [-0.39, 0.29) is 13.0 Å². The van der Waals surface area contributed by atoms with Gasteiger partial charge in [0, 0.05) is 5.69 Å². The number of aryl methyl sites for hydroxylation is 1. The SMILES string of the molecule is Cc1cc(F)ccc1NC(=O)CCOCC(F)(F)F. The third kappa shape index (κ3) is 6.19. The van der Waals surface area contributed by atoms with E-state index in [1.54, 1.807) is 6.92 Å². The molecule has 1 amide bonds. The van der Waals surface area contributed by atoms with Crippen molar-refractivity contribution in [1.29, 1.82) is 0 Å². The second-order valence-electron chi connectivity index (χ2n) is 3.93. The first-order valence-corrected chi connectivity index (χ1v) is 5.48. The number of nitrogens with one attached hydrogen (secondary N) is 1. The summed E-state index contributed by atoms with van der Waals surface area (Å²) >= 11 is 0. The van der Waals surface area contributed by atoms with Crippen molar-refractivity contribution in [1.82, 2.24) is 0 Å². The number of amides is 1. The molecule has 0 heterocycles. The van der Waals surface area contributed by atoms with Crippen LogP contribution < -0.4 is 5.32 Å². The van der Waals surface area contributed by atoms with Crippen molar-refractivity contribution in [2.75, 3.05) is 18.5 Å². The largest absolute Gasteiger partial charge is 0.411 e. The molecule has 0 aliphatic rings. The van der Waals surface area contributed by atoms with Gasteiger partial charge in [0.15, 0.2) is 0 Å². The Morgan fingerprint density at radius 3 is 2.63 bits per heavy atom. The van der Waals surface area contributed by atoms with E-state index in [2.05, 4.69) is 10.1 Å². The third-order valence-corrected chi connectivity index (χ3v) is 2.20. The summed E-state index contributed by atoms with van der Waals surface area (Å²) in [5, 5.41) is 2.47. The van der Waals surface area contributed by atoms with Gasteiger partial charge in [-0.3, -0.25) is 4.79 Å². The van der Waals surface area contributed by atoms with E-state index in [0.717, 1.165) is 0 Å².